The van der Waals surface area contributed by atoms with Crippen LogP contribution in [0.1, 0.15) is 34.0 Å². The van der Waals surface area contributed by atoms with Crippen LogP contribution in [0.5, 0.6) is 0 Å². The van der Waals surface area contributed by atoms with Gasteiger partial charge in [-0.2, -0.15) is 0 Å². The lowest BCUT2D eigenvalue weighted by atomic mass is 10.2. The number of rotatable bonds is 4. The lowest BCUT2D eigenvalue weighted by Gasteiger charge is -2.00. The average Bonchev–Trinajstić information content (AvgIpc) is 2.84. The molecule has 0 aliphatic heterocycles. The standard InChI is InChI=1S/C14H11ClFNO3S/c1-3-20-14(19)11-12(7(2)18)21-13(17-11)9-5-4-8(16)6-10(9)15/h4-6H,3H2,1-2H3. The minimum Gasteiger partial charge on any atom is -0.461 e. The Kier molecular flexibility index (Phi) is 4.69. The van der Waals surface area contributed by atoms with Crippen molar-refractivity contribution in [1.29, 1.82) is 0 Å². The minimum absolute atomic E-state index is 0.0373. The second-order valence-electron chi connectivity index (χ2n) is 4.10. The maximum atomic E-state index is 13.1. The molecule has 7 heteroatoms. The molecule has 0 radical (unpaired) electrons. The number of carbonyl (C=O) groups excluding carboxylic acids is 2. The molecule has 0 atom stereocenters. The van der Waals surface area contributed by atoms with Gasteiger partial charge >= 0.3 is 5.97 Å². The molecular weight excluding hydrogens is 317 g/mol. The van der Waals surface area contributed by atoms with Crippen LogP contribution in [-0.4, -0.2) is 23.3 Å². The number of hydrogen-bond acceptors (Lipinski definition) is 5. The number of ether oxygens (including phenoxy) is 1. The molecule has 0 saturated carbocycles. The van der Waals surface area contributed by atoms with E-state index in [9.17, 15) is 14.0 Å². The van der Waals surface area contributed by atoms with Crippen molar-refractivity contribution < 1.29 is 18.7 Å². The zero-order valence-corrected chi connectivity index (χ0v) is 12.8. The van der Waals surface area contributed by atoms with Crippen molar-refractivity contribution >= 4 is 34.7 Å². The number of thiazole rings is 1. The van der Waals surface area contributed by atoms with Crippen molar-refractivity contribution in [2.75, 3.05) is 6.61 Å². The smallest absolute Gasteiger partial charge is 0.358 e. The zero-order chi connectivity index (χ0) is 15.6. The van der Waals surface area contributed by atoms with Crippen molar-refractivity contribution in [3.8, 4) is 10.6 Å². The highest BCUT2D eigenvalue weighted by Crippen LogP contribution is 2.34. The first kappa shape index (κ1) is 15.6. The average molecular weight is 328 g/mol. The van der Waals surface area contributed by atoms with Crippen molar-refractivity contribution in [2.24, 2.45) is 0 Å². The van der Waals surface area contributed by atoms with Crippen LogP contribution in [0.3, 0.4) is 0 Å². The van der Waals surface area contributed by atoms with E-state index in [1.165, 1.54) is 19.1 Å². The molecule has 0 aliphatic rings. The van der Waals surface area contributed by atoms with Gasteiger partial charge in [-0.05, 0) is 25.1 Å². The molecule has 2 rings (SSSR count). The summed E-state index contributed by atoms with van der Waals surface area (Å²) in [5.41, 5.74) is 0.422. The molecule has 2 aromatic rings. The number of Topliss-reactive ketones (excluding diaryl/α,β-unsaturated/α-hetero) is 1. The number of nitrogens with zero attached hydrogens (tertiary/aromatic N) is 1. The van der Waals surface area contributed by atoms with Gasteiger partial charge in [0.15, 0.2) is 11.5 Å². The zero-order valence-electron chi connectivity index (χ0n) is 11.3. The Hall–Kier alpha value is -1.79. The minimum atomic E-state index is -0.663. The Bertz CT molecular complexity index is 714. The number of halogens is 2. The highest BCUT2D eigenvalue weighted by molar-refractivity contribution is 7.17. The Morgan fingerprint density at radius 2 is 2.14 bits per heavy atom. The monoisotopic (exact) mass is 327 g/mol. The summed E-state index contributed by atoms with van der Waals surface area (Å²) in [4.78, 5) is 27.8. The van der Waals surface area contributed by atoms with Gasteiger partial charge in [0.2, 0.25) is 0 Å². The second kappa shape index (κ2) is 6.32. The first-order valence-electron chi connectivity index (χ1n) is 6.08. The SMILES string of the molecule is CCOC(=O)c1nc(-c2ccc(F)cc2Cl)sc1C(C)=O. The van der Waals surface area contributed by atoms with Crippen LogP contribution in [0.25, 0.3) is 10.6 Å². The van der Waals surface area contributed by atoms with E-state index < -0.39 is 11.8 Å². The van der Waals surface area contributed by atoms with Crippen molar-refractivity contribution in [2.45, 2.75) is 13.8 Å². The third-order valence-electron chi connectivity index (χ3n) is 2.58. The van der Waals surface area contributed by atoms with Gasteiger partial charge in [0.05, 0.1) is 11.6 Å². The van der Waals surface area contributed by atoms with Crippen molar-refractivity contribution in [1.82, 2.24) is 4.98 Å². The highest BCUT2D eigenvalue weighted by Gasteiger charge is 2.23. The molecule has 1 aromatic heterocycles. The third kappa shape index (κ3) is 3.28. The van der Waals surface area contributed by atoms with Crippen LogP contribution < -0.4 is 0 Å². The Labute approximate surface area is 129 Å². The molecule has 0 unspecified atom stereocenters. The van der Waals surface area contributed by atoms with E-state index in [-0.39, 0.29) is 28.0 Å². The Balaban J connectivity index is 2.53. The molecule has 0 saturated heterocycles. The molecule has 21 heavy (non-hydrogen) atoms. The number of hydrogen-bond donors (Lipinski definition) is 0. The lowest BCUT2D eigenvalue weighted by molar-refractivity contribution is 0.0517. The molecule has 4 nitrogen and oxygen atoms in total. The van der Waals surface area contributed by atoms with E-state index >= 15 is 0 Å². The van der Waals surface area contributed by atoms with Gasteiger partial charge < -0.3 is 4.74 Å². The summed E-state index contributed by atoms with van der Waals surface area (Å²) in [7, 11) is 0. The number of aromatic nitrogens is 1. The molecular formula is C14H11ClFNO3S. The van der Waals surface area contributed by atoms with Gasteiger partial charge in [0.25, 0.3) is 0 Å². The molecule has 1 aromatic carbocycles. The Morgan fingerprint density at radius 1 is 1.43 bits per heavy atom. The fourth-order valence-corrected chi connectivity index (χ4v) is 2.98. The summed E-state index contributed by atoms with van der Waals surface area (Å²) in [6, 6.07) is 3.84. The summed E-state index contributed by atoms with van der Waals surface area (Å²) in [6.45, 7) is 3.18. The lowest BCUT2D eigenvalue weighted by Crippen LogP contribution is -2.09. The summed E-state index contributed by atoms with van der Waals surface area (Å²) in [5.74, 6) is -1.43. The van der Waals surface area contributed by atoms with Crippen LogP contribution in [0, 0.1) is 5.82 Å². The van der Waals surface area contributed by atoms with E-state index in [1.54, 1.807) is 6.92 Å². The van der Waals surface area contributed by atoms with Crippen LogP contribution in [0.2, 0.25) is 5.02 Å². The largest absolute Gasteiger partial charge is 0.461 e. The molecule has 0 spiro atoms. The van der Waals surface area contributed by atoms with Gasteiger partial charge in [-0.15, -0.1) is 11.3 Å². The third-order valence-corrected chi connectivity index (χ3v) is 4.08. The van der Waals surface area contributed by atoms with Gasteiger partial charge in [0.1, 0.15) is 15.7 Å². The fourth-order valence-electron chi connectivity index (χ4n) is 1.67. The Morgan fingerprint density at radius 3 is 2.71 bits per heavy atom. The number of ketones is 1. The van der Waals surface area contributed by atoms with Gasteiger partial charge in [-0.25, -0.2) is 14.2 Å². The normalized spacial score (nSPS) is 10.5. The van der Waals surface area contributed by atoms with Crippen molar-refractivity contribution in [3.05, 3.63) is 39.6 Å². The van der Waals surface area contributed by atoms with E-state index in [4.69, 9.17) is 16.3 Å². The van der Waals surface area contributed by atoms with Crippen LogP contribution in [0.4, 0.5) is 4.39 Å². The topological polar surface area (TPSA) is 56.3 Å². The quantitative estimate of drug-likeness (QED) is 0.629. The number of carbonyl (C=O) groups is 2. The molecule has 0 N–H and O–H groups in total. The summed E-state index contributed by atoms with van der Waals surface area (Å²) in [6.07, 6.45) is 0. The van der Waals surface area contributed by atoms with Gasteiger partial charge in [0, 0.05) is 12.5 Å². The first-order valence-corrected chi connectivity index (χ1v) is 7.27. The molecule has 0 fully saturated rings. The predicted octanol–water partition coefficient (Wildman–Crippen LogP) is 3.98. The summed E-state index contributed by atoms with van der Waals surface area (Å²) < 4.78 is 18.0. The number of benzene rings is 1. The summed E-state index contributed by atoms with van der Waals surface area (Å²) >= 11 is 7.00. The predicted molar refractivity (Wildman–Crippen MR) is 78.5 cm³/mol. The fraction of sp³-hybridized carbons (Fsp3) is 0.214. The van der Waals surface area contributed by atoms with Crippen LogP contribution >= 0.6 is 22.9 Å². The van der Waals surface area contributed by atoms with Crippen LogP contribution in [0.15, 0.2) is 18.2 Å². The second-order valence-corrected chi connectivity index (χ2v) is 5.50. The van der Waals surface area contributed by atoms with Crippen LogP contribution in [-0.2, 0) is 4.74 Å². The molecule has 0 bridgehead atoms. The summed E-state index contributed by atoms with van der Waals surface area (Å²) in [5, 5.41) is 0.530. The van der Waals surface area contributed by atoms with E-state index in [1.807, 2.05) is 0 Å². The van der Waals surface area contributed by atoms with Gasteiger partial charge in [-0.1, -0.05) is 11.6 Å². The molecule has 0 amide bonds. The molecule has 0 aliphatic carbocycles. The maximum absolute atomic E-state index is 13.1. The van der Waals surface area contributed by atoms with E-state index in [2.05, 4.69) is 4.98 Å². The molecule has 1 heterocycles. The number of esters is 1. The van der Waals surface area contributed by atoms with E-state index in [0.717, 1.165) is 17.4 Å². The first-order chi connectivity index (χ1) is 9.93. The van der Waals surface area contributed by atoms with Gasteiger partial charge in [-0.3, -0.25) is 4.79 Å². The molecule has 110 valence electrons. The van der Waals surface area contributed by atoms with Crippen molar-refractivity contribution in [3.63, 3.8) is 0 Å². The maximum Gasteiger partial charge on any atom is 0.358 e. The van der Waals surface area contributed by atoms with E-state index in [0.29, 0.717) is 10.6 Å². The highest BCUT2D eigenvalue weighted by atomic mass is 35.5.